The second-order valence-corrected chi connectivity index (χ2v) is 6.49. The van der Waals surface area contributed by atoms with Crippen molar-refractivity contribution < 1.29 is 9.53 Å². The first-order valence-corrected chi connectivity index (χ1v) is 7.04. The van der Waals surface area contributed by atoms with Crippen molar-refractivity contribution in [1.29, 1.82) is 0 Å². The van der Waals surface area contributed by atoms with Crippen molar-refractivity contribution in [2.24, 2.45) is 5.92 Å². The van der Waals surface area contributed by atoms with Crippen LogP contribution < -0.4 is 0 Å². The molecule has 0 bridgehead atoms. The summed E-state index contributed by atoms with van der Waals surface area (Å²) in [4.78, 5) is 17.0. The Morgan fingerprint density at radius 1 is 1.11 bits per heavy atom. The average molecular weight is 270 g/mol. The molecule has 0 N–H and O–H groups in total. The molecule has 18 heavy (non-hydrogen) atoms. The fourth-order valence-electron chi connectivity index (χ4n) is 2.02. The molecule has 0 unspecified atom stereocenters. The van der Waals surface area contributed by atoms with Gasteiger partial charge >= 0.3 is 6.09 Å². The zero-order valence-corrected chi connectivity index (χ0v) is 12.3. The van der Waals surface area contributed by atoms with E-state index in [2.05, 4.69) is 4.90 Å². The van der Waals surface area contributed by atoms with Gasteiger partial charge in [-0.2, -0.15) is 0 Å². The zero-order valence-electron chi connectivity index (χ0n) is 11.4. The SMILES string of the molecule is CC(C)(C)OC(=O)N1CCN(C(=S)C2CC2)CC1. The van der Waals surface area contributed by atoms with Crippen LogP contribution in [0.4, 0.5) is 4.79 Å². The molecule has 4 nitrogen and oxygen atoms in total. The molecule has 0 spiro atoms. The van der Waals surface area contributed by atoms with Crippen molar-refractivity contribution in [2.45, 2.75) is 39.2 Å². The highest BCUT2D eigenvalue weighted by Crippen LogP contribution is 2.32. The summed E-state index contributed by atoms with van der Waals surface area (Å²) in [6.07, 6.45) is 2.27. The molecule has 0 radical (unpaired) electrons. The van der Waals surface area contributed by atoms with Crippen LogP contribution in [-0.4, -0.2) is 52.7 Å². The average Bonchev–Trinajstić information content (AvgIpc) is 3.10. The third kappa shape index (κ3) is 3.57. The van der Waals surface area contributed by atoms with E-state index in [1.807, 2.05) is 20.8 Å². The summed E-state index contributed by atoms with van der Waals surface area (Å²) in [7, 11) is 0. The summed E-state index contributed by atoms with van der Waals surface area (Å²) in [5.74, 6) is 0.632. The van der Waals surface area contributed by atoms with Gasteiger partial charge in [-0.25, -0.2) is 4.79 Å². The van der Waals surface area contributed by atoms with Gasteiger partial charge in [-0.1, -0.05) is 12.2 Å². The molecule has 0 aromatic rings. The number of piperazine rings is 1. The van der Waals surface area contributed by atoms with Crippen LogP contribution in [0.2, 0.25) is 0 Å². The van der Waals surface area contributed by atoms with Gasteiger partial charge < -0.3 is 14.5 Å². The molecule has 1 amide bonds. The van der Waals surface area contributed by atoms with Crippen molar-refractivity contribution in [3.05, 3.63) is 0 Å². The van der Waals surface area contributed by atoms with Crippen LogP contribution in [0.1, 0.15) is 33.6 Å². The Balaban J connectivity index is 1.79. The van der Waals surface area contributed by atoms with E-state index in [-0.39, 0.29) is 6.09 Å². The first-order chi connectivity index (χ1) is 8.37. The highest BCUT2D eigenvalue weighted by molar-refractivity contribution is 7.80. The molecule has 0 aromatic carbocycles. The third-order valence-electron chi connectivity index (χ3n) is 3.17. The highest BCUT2D eigenvalue weighted by Gasteiger charge is 2.32. The second kappa shape index (κ2) is 5.03. The molecule has 5 heteroatoms. The van der Waals surface area contributed by atoms with Gasteiger partial charge in [0.15, 0.2) is 0 Å². The zero-order chi connectivity index (χ0) is 13.3. The summed E-state index contributed by atoms with van der Waals surface area (Å²) >= 11 is 5.44. The number of carbonyl (C=O) groups is 1. The van der Waals surface area contributed by atoms with Gasteiger partial charge in [-0.3, -0.25) is 0 Å². The molecule has 2 aliphatic rings. The minimum absolute atomic E-state index is 0.209. The minimum atomic E-state index is -0.419. The fraction of sp³-hybridized carbons (Fsp3) is 0.846. The molecule has 0 atom stereocenters. The number of ether oxygens (including phenoxy) is 1. The largest absolute Gasteiger partial charge is 0.444 e. The van der Waals surface area contributed by atoms with Gasteiger partial charge in [0, 0.05) is 32.1 Å². The number of amides is 1. The van der Waals surface area contributed by atoms with E-state index in [1.54, 1.807) is 4.90 Å². The number of nitrogens with zero attached hydrogens (tertiary/aromatic N) is 2. The quantitative estimate of drug-likeness (QED) is 0.684. The highest BCUT2D eigenvalue weighted by atomic mass is 32.1. The third-order valence-corrected chi connectivity index (χ3v) is 3.76. The molecule has 1 heterocycles. The summed E-state index contributed by atoms with van der Waals surface area (Å²) in [5, 5.41) is 0. The Morgan fingerprint density at radius 3 is 2.06 bits per heavy atom. The standard InChI is InChI=1S/C13H22N2O2S/c1-13(2,3)17-12(16)15-8-6-14(7-9-15)11(18)10-4-5-10/h10H,4-9H2,1-3H3. The van der Waals surface area contributed by atoms with E-state index in [4.69, 9.17) is 17.0 Å². The Bertz CT molecular complexity index is 339. The van der Waals surface area contributed by atoms with Crippen LogP contribution in [0, 0.1) is 5.92 Å². The fourth-order valence-corrected chi connectivity index (χ4v) is 2.44. The molecule has 2 rings (SSSR count). The molecular weight excluding hydrogens is 248 g/mol. The van der Waals surface area contributed by atoms with Gasteiger partial charge in [-0.15, -0.1) is 0 Å². The van der Waals surface area contributed by atoms with Gasteiger partial charge in [0.25, 0.3) is 0 Å². The maximum Gasteiger partial charge on any atom is 0.410 e. The maximum atomic E-state index is 11.9. The Hall–Kier alpha value is -0.840. The summed E-state index contributed by atoms with van der Waals surface area (Å²) in [6.45, 7) is 8.78. The van der Waals surface area contributed by atoms with Crippen LogP contribution in [0.15, 0.2) is 0 Å². The van der Waals surface area contributed by atoms with Crippen LogP contribution in [0.25, 0.3) is 0 Å². The molecule has 1 aliphatic heterocycles. The van der Waals surface area contributed by atoms with Crippen LogP contribution in [-0.2, 0) is 4.74 Å². The van der Waals surface area contributed by atoms with Crippen molar-refractivity contribution in [3.63, 3.8) is 0 Å². The Labute approximate surface area is 114 Å². The predicted molar refractivity (Wildman–Crippen MR) is 74.7 cm³/mol. The second-order valence-electron chi connectivity index (χ2n) is 6.07. The van der Waals surface area contributed by atoms with E-state index >= 15 is 0 Å². The summed E-state index contributed by atoms with van der Waals surface area (Å²) < 4.78 is 5.37. The maximum absolute atomic E-state index is 11.9. The van der Waals surface area contributed by atoms with Crippen LogP contribution >= 0.6 is 12.2 Å². The molecule has 1 saturated heterocycles. The topological polar surface area (TPSA) is 32.8 Å². The van der Waals surface area contributed by atoms with Gasteiger partial charge in [-0.05, 0) is 33.6 Å². The molecule has 2 fully saturated rings. The first-order valence-electron chi connectivity index (χ1n) is 6.63. The lowest BCUT2D eigenvalue weighted by Crippen LogP contribution is -2.51. The lowest BCUT2D eigenvalue weighted by atomic mass is 10.2. The van der Waals surface area contributed by atoms with Crippen molar-refractivity contribution >= 4 is 23.3 Å². The van der Waals surface area contributed by atoms with E-state index in [1.165, 1.54) is 12.8 Å². The van der Waals surface area contributed by atoms with Crippen LogP contribution in [0.5, 0.6) is 0 Å². The smallest absolute Gasteiger partial charge is 0.410 e. The molecule has 1 aliphatic carbocycles. The van der Waals surface area contributed by atoms with E-state index < -0.39 is 5.60 Å². The summed E-state index contributed by atoms with van der Waals surface area (Å²) in [6, 6.07) is 0. The molecular formula is C13H22N2O2S. The van der Waals surface area contributed by atoms with Crippen LogP contribution in [0.3, 0.4) is 0 Å². The number of rotatable bonds is 1. The summed E-state index contributed by atoms with van der Waals surface area (Å²) in [5.41, 5.74) is -0.419. The predicted octanol–water partition coefficient (Wildman–Crippen LogP) is 2.28. The Kier molecular flexibility index (Phi) is 3.80. The van der Waals surface area contributed by atoms with Gasteiger partial charge in [0.2, 0.25) is 0 Å². The van der Waals surface area contributed by atoms with Crippen molar-refractivity contribution in [3.8, 4) is 0 Å². The van der Waals surface area contributed by atoms with Crippen molar-refractivity contribution in [2.75, 3.05) is 26.2 Å². The lowest BCUT2D eigenvalue weighted by Gasteiger charge is -2.36. The molecule has 1 saturated carbocycles. The minimum Gasteiger partial charge on any atom is -0.444 e. The van der Waals surface area contributed by atoms with Gasteiger partial charge in [0.05, 0.1) is 4.99 Å². The Morgan fingerprint density at radius 2 is 1.61 bits per heavy atom. The van der Waals surface area contributed by atoms with E-state index in [0.29, 0.717) is 19.0 Å². The number of hydrogen-bond acceptors (Lipinski definition) is 3. The normalized spacial score (nSPS) is 20.8. The van der Waals surface area contributed by atoms with E-state index in [0.717, 1.165) is 18.1 Å². The lowest BCUT2D eigenvalue weighted by molar-refractivity contribution is 0.0187. The van der Waals surface area contributed by atoms with Gasteiger partial charge in [0.1, 0.15) is 5.60 Å². The monoisotopic (exact) mass is 270 g/mol. The number of hydrogen-bond donors (Lipinski definition) is 0. The first kappa shape index (κ1) is 13.6. The van der Waals surface area contributed by atoms with E-state index in [9.17, 15) is 4.79 Å². The van der Waals surface area contributed by atoms with Crippen molar-refractivity contribution in [1.82, 2.24) is 9.80 Å². The number of thiocarbonyl (C=S) groups is 1. The molecule has 102 valence electrons. The number of carbonyl (C=O) groups excluding carboxylic acids is 1. The molecule has 0 aromatic heterocycles.